The first kappa shape index (κ1) is 15.1. The van der Waals surface area contributed by atoms with Crippen LogP contribution in [-0.4, -0.2) is 19.6 Å². The molecule has 0 aliphatic rings. The Labute approximate surface area is 144 Å². The lowest BCUT2D eigenvalue weighted by Crippen LogP contribution is -2.20. The van der Waals surface area contributed by atoms with Gasteiger partial charge in [0.1, 0.15) is 5.56 Å². The molecule has 0 spiro atoms. The third-order valence-electron chi connectivity index (χ3n) is 4.21. The summed E-state index contributed by atoms with van der Waals surface area (Å²) in [6.07, 6.45) is 0. The molecule has 6 heteroatoms. The van der Waals surface area contributed by atoms with Crippen LogP contribution in [0.5, 0.6) is 0 Å². The van der Waals surface area contributed by atoms with Crippen molar-refractivity contribution in [1.29, 1.82) is 0 Å². The molecule has 0 radical (unpaired) electrons. The SMILES string of the molecule is Cc1c(-c2nnc(-c3ccccc3)o2)c(=O)n(-c2ccccc2)n1C. The second kappa shape index (κ2) is 5.90. The fraction of sp³-hybridized carbons (Fsp3) is 0.105. The summed E-state index contributed by atoms with van der Waals surface area (Å²) in [7, 11) is 1.84. The molecule has 0 amide bonds. The molecule has 0 atom stereocenters. The molecule has 0 aliphatic carbocycles. The Morgan fingerprint density at radius 2 is 1.48 bits per heavy atom. The fourth-order valence-electron chi connectivity index (χ4n) is 2.84. The summed E-state index contributed by atoms with van der Waals surface area (Å²) in [5.74, 6) is 0.621. The number of hydrogen-bond donors (Lipinski definition) is 0. The van der Waals surface area contributed by atoms with Crippen LogP contribution in [0.1, 0.15) is 5.69 Å². The summed E-state index contributed by atoms with van der Waals surface area (Å²) in [5.41, 5.74) is 2.60. The van der Waals surface area contributed by atoms with Gasteiger partial charge in [-0.05, 0) is 31.2 Å². The summed E-state index contributed by atoms with van der Waals surface area (Å²) in [5, 5.41) is 8.17. The van der Waals surface area contributed by atoms with Crippen molar-refractivity contribution in [2.45, 2.75) is 6.92 Å². The van der Waals surface area contributed by atoms with Gasteiger partial charge in [0, 0.05) is 12.6 Å². The van der Waals surface area contributed by atoms with Crippen molar-refractivity contribution < 1.29 is 4.42 Å². The van der Waals surface area contributed by atoms with Gasteiger partial charge in [-0.15, -0.1) is 10.2 Å². The molecule has 124 valence electrons. The third kappa shape index (κ3) is 2.48. The van der Waals surface area contributed by atoms with E-state index in [1.807, 2.05) is 74.6 Å². The lowest BCUT2D eigenvalue weighted by molar-refractivity contribution is 0.583. The number of aromatic nitrogens is 4. The van der Waals surface area contributed by atoms with Gasteiger partial charge in [0.15, 0.2) is 0 Å². The van der Waals surface area contributed by atoms with Gasteiger partial charge in [0.2, 0.25) is 5.89 Å². The van der Waals surface area contributed by atoms with Crippen LogP contribution in [0.4, 0.5) is 0 Å². The quantitative estimate of drug-likeness (QED) is 0.578. The minimum Gasteiger partial charge on any atom is -0.416 e. The fourth-order valence-corrected chi connectivity index (χ4v) is 2.84. The Morgan fingerprint density at radius 1 is 0.880 bits per heavy atom. The number of para-hydroxylation sites is 1. The van der Waals surface area contributed by atoms with Gasteiger partial charge in [-0.25, -0.2) is 4.68 Å². The second-order valence-corrected chi connectivity index (χ2v) is 5.71. The van der Waals surface area contributed by atoms with Crippen LogP contribution in [0, 0.1) is 6.92 Å². The lowest BCUT2D eigenvalue weighted by atomic mass is 10.2. The predicted molar refractivity (Wildman–Crippen MR) is 94.5 cm³/mol. The number of nitrogens with zero attached hydrogens (tertiary/aromatic N) is 4. The minimum atomic E-state index is -0.186. The van der Waals surface area contributed by atoms with Crippen molar-refractivity contribution in [3.63, 3.8) is 0 Å². The van der Waals surface area contributed by atoms with E-state index in [2.05, 4.69) is 10.2 Å². The standard InChI is InChI=1S/C19H16N4O2/c1-13-16(18-21-20-17(25-18)14-9-5-3-6-10-14)19(24)23(22(13)2)15-11-7-4-8-12-15/h3-12H,1-2H3. The number of hydrogen-bond acceptors (Lipinski definition) is 4. The highest BCUT2D eigenvalue weighted by Gasteiger charge is 2.22. The molecule has 0 unspecified atom stereocenters. The van der Waals surface area contributed by atoms with E-state index in [4.69, 9.17) is 4.42 Å². The molecule has 0 saturated heterocycles. The molecule has 2 heterocycles. The monoisotopic (exact) mass is 332 g/mol. The summed E-state index contributed by atoms with van der Waals surface area (Å²) in [6.45, 7) is 1.86. The van der Waals surface area contributed by atoms with Crippen LogP contribution in [0.15, 0.2) is 69.9 Å². The van der Waals surface area contributed by atoms with Crippen LogP contribution in [0.2, 0.25) is 0 Å². The van der Waals surface area contributed by atoms with Gasteiger partial charge in [-0.2, -0.15) is 0 Å². The molecule has 6 nitrogen and oxygen atoms in total. The Kier molecular flexibility index (Phi) is 3.57. The molecule has 0 saturated carbocycles. The van der Waals surface area contributed by atoms with Gasteiger partial charge >= 0.3 is 0 Å². The van der Waals surface area contributed by atoms with Crippen LogP contribution in [-0.2, 0) is 7.05 Å². The van der Waals surface area contributed by atoms with Gasteiger partial charge in [-0.3, -0.25) is 9.48 Å². The topological polar surface area (TPSA) is 65.8 Å². The predicted octanol–water partition coefficient (Wildman–Crippen LogP) is 3.20. The Bertz CT molecular complexity index is 1080. The van der Waals surface area contributed by atoms with Crippen molar-refractivity contribution in [2.75, 3.05) is 0 Å². The molecular weight excluding hydrogens is 316 g/mol. The molecule has 0 fully saturated rings. The molecule has 2 aromatic heterocycles. The van der Waals surface area contributed by atoms with E-state index in [1.165, 1.54) is 0 Å². The first-order chi connectivity index (χ1) is 12.2. The van der Waals surface area contributed by atoms with E-state index in [0.717, 1.165) is 16.9 Å². The summed E-state index contributed by atoms with van der Waals surface area (Å²) < 4.78 is 9.16. The molecule has 0 N–H and O–H groups in total. The Balaban J connectivity index is 1.85. The van der Waals surface area contributed by atoms with Crippen LogP contribution in [0.3, 0.4) is 0 Å². The van der Waals surface area contributed by atoms with E-state index in [1.54, 1.807) is 9.36 Å². The van der Waals surface area contributed by atoms with Crippen molar-refractivity contribution in [1.82, 2.24) is 19.6 Å². The summed E-state index contributed by atoms with van der Waals surface area (Å²) in [4.78, 5) is 13.0. The molecule has 4 aromatic rings. The van der Waals surface area contributed by atoms with Gasteiger partial charge in [0.25, 0.3) is 11.4 Å². The van der Waals surface area contributed by atoms with Gasteiger partial charge in [0.05, 0.1) is 11.4 Å². The zero-order chi connectivity index (χ0) is 17.4. The van der Waals surface area contributed by atoms with Crippen LogP contribution < -0.4 is 5.56 Å². The van der Waals surface area contributed by atoms with E-state index >= 15 is 0 Å². The van der Waals surface area contributed by atoms with Crippen molar-refractivity contribution in [3.05, 3.63) is 76.7 Å². The molecule has 4 rings (SSSR count). The summed E-state index contributed by atoms with van der Waals surface area (Å²) >= 11 is 0. The van der Waals surface area contributed by atoms with Crippen molar-refractivity contribution in [3.8, 4) is 28.6 Å². The Morgan fingerprint density at radius 3 is 2.16 bits per heavy atom. The smallest absolute Gasteiger partial charge is 0.284 e. The average Bonchev–Trinajstić information content (AvgIpc) is 3.20. The van der Waals surface area contributed by atoms with E-state index in [-0.39, 0.29) is 11.4 Å². The molecule has 0 bridgehead atoms. The maximum atomic E-state index is 13.0. The highest BCUT2D eigenvalue weighted by atomic mass is 16.4. The molecule has 2 aromatic carbocycles. The highest BCUT2D eigenvalue weighted by molar-refractivity contribution is 5.59. The maximum absolute atomic E-state index is 13.0. The number of benzene rings is 2. The lowest BCUT2D eigenvalue weighted by Gasteiger charge is -2.07. The molecule has 0 aliphatic heterocycles. The van der Waals surface area contributed by atoms with Crippen LogP contribution in [0.25, 0.3) is 28.6 Å². The molecular formula is C19H16N4O2. The third-order valence-corrected chi connectivity index (χ3v) is 4.21. The van der Waals surface area contributed by atoms with Gasteiger partial charge < -0.3 is 4.42 Å². The maximum Gasteiger partial charge on any atom is 0.284 e. The highest BCUT2D eigenvalue weighted by Crippen LogP contribution is 2.24. The van der Waals surface area contributed by atoms with E-state index in [0.29, 0.717) is 11.5 Å². The first-order valence-corrected chi connectivity index (χ1v) is 7.90. The van der Waals surface area contributed by atoms with E-state index < -0.39 is 0 Å². The van der Waals surface area contributed by atoms with E-state index in [9.17, 15) is 4.79 Å². The molecule has 25 heavy (non-hydrogen) atoms. The van der Waals surface area contributed by atoms with Crippen LogP contribution >= 0.6 is 0 Å². The number of rotatable bonds is 3. The van der Waals surface area contributed by atoms with Crippen molar-refractivity contribution >= 4 is 0 Å². The first-order valence-electron chi connectivity index (χ1n) is 7.90. The summed E-state index contributed by atoms with van der Waals surface area (Å²) in [6, 6.07) is 18.9. The largest absolute Gasteiger partial charge is 0.416 e. The average molecular weight is 332 g/mol. The normalized spacial score (nSPS) is 11.0. The minimum absolute atomic E-state index is 0.186. The van der Waals surface area contributed by atoms with Gasteiger partial charge in [-0.1, -0.05) is 36.4 Å². The zero-order valence-electron chi connectivity index (χ0n) is 13.9. The second-order valence-electron chi connectivity index (χ2n) is 5.71. The zero-order valence-corrected chi connectivity index (χ0v) is 13.9. The Hall–Kier alpha value is -3.41. The van der Waals surface area contributed by atoms with Crippen molar-refractivity contribution in [2.24, 2.45) is 7.05 Å².